The van der Waals surface area contributed by atoms with E-state index in [2.05, 4.69) is 0 Å². The van der Waals surface area contributed by atoms with E-state index in [1.54, 1.807) is 0 Å². The molecule has 5 nitrogen and oxygen atoms in total. The average molecular weight is 386 g/mol. The van der Waals surface area contributed by atoms with E-state index in [0.29, 0.717) is 12.8 Å². The van der Waals surface area contributed by atoms with Crippen LogP contribution in [0.5, 0.6) is 5.75 Å². The monoisotopic (exact) mass is 386 g/mol. The first-order valence-electron chi connectivity index (χ1n) is 7.30. The third-order valence-electron chi connectivity index (χ3n) is 3.53. The molecule has 2 aromatic rings. The number of anilines is 1. The van der Waals surface area contributed by atoms with Crippen molar-refractivity contribution in [3.8, 4) is 11.8 Å². The highest BCUT2D eigenvalue weighted by Gasteiger charge is 2.37. The van der Waals surface area contributed by atoms with Gasteiger partial charge < -0.3 is 4.74 Å². The Hall–Kier alpha value is -2.80. The molecule has 0 unspecified atom stereocenters. The van der Waals surface area contributed by atoms with Crippen molar-refractivity contribution >= 4 is 15.7 Å². The fraction of sp³-hybridized carbons (Fsp3) is 0.188. The smallest absolute Gasteiger partial charge is 0.268 e. The standard InChI is InChI=1S/C16H10F4N2O3S/c17-11-12(18)14(20)16(15(13(11)19)25-10-5-6-10)26(23,24)22-9-3-1-8(7-21)2-4-9/h1-4,10,22H,5-6H2. The van der Waals surface area contributed by atoms with E-state index in [9.17, 15) is 26.0 Å². The summed E-state index contributed by atoms with van der Waals surface area (Å²) in [7, 11) is -4.85. The molecule has 0 spiro atoms. The number of nitriles is 1. The van der Waals surface area contributed by atoms with Crippen molar-refractivity contribution in [3.05, 3.63) is 53.1 Å². The van der Waals surface area contributed by atoms with Crippen LogP contribution in [-0.4, -0.2) is 14.5 Å². The van der Waals surface area contributed by atoms with Crippen LogP contribution >= 0.6 is 0 Å². The zero-order chi connectivity index (χ0) is 19.1. The maximum absolute atomic E-state index is 14.2. The Morgan fingerprint density at radius 2 is 1.58 bits per heavy atom. The largest absolute Gasteiger partial charge is 0.486 e. The van der Waals surface area contributed by atoms with E-state index >= 15 is 0 Å². The summed E-state index contributed by atoms with van der Waals surface area (Å²) in [6, 6.07) is 6.78. The van der Waals surface area contributed by atoms with E-state index in [0.717, 1.165) is 0 Å². The van der Waals surface area contributed by atoms with Crippen molar-refractivity contribution in [2.45, 2.75) is 23.8 Å². The zero-order valence-corrected chi connectivity index (χ0v) is 13.7. The highest BCUT2D eigenvalue weighted by Crippen LogP contribution is 2.38. The van der Waals surface area contributed by atoms with Crippen molar-refractivity contribution in [1.29, 1.82) is 5.26 Å². The van der Waals surface area contributed by atoms with Gasteiger partial charge >= 0.3 is 0 Å². The van der Waals surface area contributed by atoms with Gasteiger partial charge in [-0.1, -0.05) is 0 Å². The number of benzene rings is 2. The molecule has 0 heterocycles. The van der Waals surface area contributed by atoms with Crippen LogP contribution in [0.3, 0.4) is 0 Å². The Morgan fingerprint density at radius 1 is 1.00 bits per heavy atom. The lowest BCUT2D eigenvalue weighted by molar-refractivity contribution is 0.262. The number of rotatable bonds is 5. The SMILES string of the molecule is N#Cc1ccc(NS(=O)(=O)c2c(F)c(F)c(F)c(F)c2OC2CC2)cc1. The fourth-order valence-corrected chi connectivity index (χ4v) is 3.36. The number of ether oxygens (including phenoxy) is 1. The van der Waals surface area contributed by atoms with Crippen LogP contribution in [0.25, 0.3) is 0 Å². The quantitative estimate of drug-likeness (QED) is 0.485. The van der Waals surface area contributed by atoms with Crippen LogP contribution in [0.4, 0.5) is 23.2 Å². The lowest BCUT2D eigenvalue weighted by Crippen LogP contribution is -2.19. The van der Waals surface area contributed by atoms with Gasteiger partial charge in [-0.05, 0) is 37.1 Å². The first kappa shape index (κ1) is 18.0. The number of hydrogen-bond donors (Lipinski definition) is 1. The lowest BCUT2D eigenvalue weighted by atomic mass is 10.2. The van der Waals surface area contributed by atoms with Gasteiger partial charge in [0.1, 0.15) is 0 Å². The summed E-state index contributed by atoms with van der Waals surface area (Å²) in [5.41, 5.74) is 0.140. The molecule has 0 amide bonds. The molecule has 1 fully saturated rings. The van der Waals surface area contributed by atoms with Gasteiger partial charge in [0.05, 0.1) is 17.7 Å². The molecule has 0 bridgehead atoms. The average Bonchev–Trinajstić information content (AvgIpc) is 3.42. The van der Waals surface area contributed by atoms with Gasteiger partial charge in [-0.15, -0.1) is 0 Å². The van der Waals surface area contributed by atoms with Crippen LogP contribution in [-0.2, 0) is 10.0 Å². The van der Waals surface area contributed by atoms with Crippen molar-refractivity contribution < 1.29 is 30.7 Å². The molecule has 3 rings (SSSR count). The summed E-state index contributed by atoms with van der Waals surface area (Å²) in [5, 5.41) is 8.72. The van der Waals surface area contributed by atoms with Gasteiger partial charge in [0, 0.05) is 5.69 Å². The topological polar surface area (TPSA) is 79.2 Å². The summed E-state index contributed by atoms with van der Waals surface area (Å²) >= 11 is 0. The molecule has 0 aromatic heterocycles. The normalized spacial score (nSPS) is 14.0. The second-order valence-electron chi connectivity index (χ2n) is 5.53. The summed E-state index contributed by atoms with van der Waals surface area (Å²) in [4.78, 5) is -1.45. The minimum Gasteiger partial charge on any atom is -0.486 e. The van der Waals surface area contributed by atoms with Crippen molar-refractivity contribution in [2.24, 2.45) is 0 Å². The van der Waals surface area contributed by atoms with Gasteiger partial charge in [-0.25, -0.2) is 21.6 Å². The van der Waals surface area contributed by atoms with Gasteiger partial charge in [0.25, 0.3) is 10.0 Å². The second kappa shape index (κ2) is 6.49. The van der Waals surface area contributed by atoms with Crippen LogP contribution in [0.1, 0.15) is 18.4 Å². The number of nitrogens with one attached hydrogen (secondary N) is 1. The van der Waals surface area contributed by atoms with Crippen molar-refractivity contribution in [3.63, 3.8) is 0 Å². The highest BCUT2D eigenvalue weighted by atomic mass is 32.2. The molecule has 2 aromatic carbocycles. The Bertz CT molecular complexity index is 1010. The minimum absolute atomic E-state index is 0.0917. The van der Waals surface area contributed by atoms with Crippen molar-refractivity contribution in [1.82, 2.24) is 0 Å². The van der Waals surface area contributed by atoms with E-state index < -0.39 is 50.0 Å². The molecule has 136 valence electrons. The van der Waals surface area contributed by atoms with Gasteiger partial charge in [-0.2, -0.15) is 9.65 Å². The molecular weight excluding hydrogens is 376 g/mol. The van der Waals surface area contributed by atoms with Crippen LogP contribution in [0, 0.1) is 34.6 Å². The molecule has 0 aliphatic heterocycles. The third kappa shape index (κ3) is 3.30. The molecule has 26 heavy (non-hydrogen) atoms. The molecule has 10 heteroatoms. The van der Waals surface area contributed by atoms with Crippen LogP contribution in [0.2, 0.25) is 0 Å². The lowest BCUT2D eigenvalue weighted by Gasteiger charge is -2.15. The van der Waals surface area contributed by atoms with Crippen LogP contribution < -0.4 is 9.46 Å². The molecule has 0 radical (unpaired) electrons. The first-order valence-corrected chi connectivity index (χ1v) is 8.78. The maximum atomic E-state index is 14.2. The number of nitrogens with zero attached hydrogens (tertiary/aromatic N) is 1. The van der Waals surface area contributed by atoms with Crippen molar-refractivity contribution in [2.75, 3.05) is 4.72 Å². The summed E-state index contributed by atoms with van der Waals surface area (Å²) in [5.74, 6) is -9.62. The predicted octanol–water partition coefficient (Wildman–Crippen LogP) is 3.46. The highest BCUT2D eigenvalue weighted by molar-refractivity contribution is 7.92. The van der Waals surface area contributed by atoms with Gasteiger partial charge in [0.15, 0.2) is 22.3 Å². The summed E-state index contributed by atoms with van der Waals surface area (Å²) in [6.07, 6.45) is 0.295. The third-order valence-corrected chi connectivity index (χ3v) is 4.93. The summed E-state index contributed by atoms with van der Waals surface area (Å²) < 4.78 is 87.1. The molecule has 1 aliphatic carbocycles. The molecule has 0 atom stereocenters. The van der Waals surface area contributed by atoms with Gasteiger partial charge in [0.2, 0.25) is 11.6 Å². The van der Waals surface area contributed by atoms with Gasteiger partial charge in [-0.3, -0.25) is 4.72 Å². The number of halogens is 4. The number of hydrogen-bond acceptors (Lipinski definition) is 4. The Morgan fingerprint density at radius 3 is 2.12 bits per heavy atom. The fourth-order valence-electron chi connectivity index (χ4n) is 2.11. The van der Waals surface area contributed by atoms with E-state index in [-0.39, 0.29) is 11.3 Å². The number of sulfonamides is 1. The molecule has 0 saturated heterocycles. The maximum Gasteiger partial charge on any atom is 0.268 e. The molecule has 1 N–H and O–H groups in total. The second-order valence-corrected chi connectivity index (χ2v) is 7.15. The molecule has 1 saturated carbocycles. The first-order chi connectivity index (χ1) is 12.2. The zero-order valence-electron chi connectivity index (χ0n) is 12.9. The molecule has 1 aliphatic rings. The molecular formula is C16H10F4N2O3S. The minimum atomic E-state index is -4.85. The van der Waals surface area contributed by atoms with E-state index in [1.165, 1.54) is 24.3 Å². The predicted molar refractivity (Wildman–Crippen MR) is 81.9 cm³/mol. The summed E-state index contributed by atoms with van der Waals surface area (Å²) in [6.45, 7) is 0. The Labute approximate surface area is 145 Å². The van der Waals surface area contributed by atoms with E-state index in [4.69, 9.17) is 10.00 Å². The Kier molecular flexibility index (Phi) is 4.50. The van der Waals surface area contributed by atoms with Crippen LogP contribution in [0.15, 0.2) is 29.2 Å². The van der Waals surface area contributed by atoms with E-state index in [1.807, 2.05) is 10.8 Å². The Balaban J connectivity index is 2.09.